The highest BCUT2D eigenvalue weighted by Crippen LogP contribution is 2.46. The van der Waals surface area contributed by atoms with Gasteiger partial charge in [0.05, 0.1) is 17.6 Å². The second-order valence-corrected chi connectivity index (χ2v) is 9.80. The summed E-state index contributed by atoms with van der Waals surface area (Å²) < 4.78 is 21.4. The molecule has 0 spiro atoms. The molecule has 0 saturated carbocycles. The fraction of sp³-hybridized carbons (Fsp3) is 0.320. The Hall–Kier alpha value is -3.13. The Kier molecular flexibility index (Phi) is 5.82. The van der Waals surface area contributed by atoms with Crippen LogP contribution in [0.5, 0.6) is 5.75 Å². The van der Waals surface area contributed by atoms with Crippen molar-refractivity contribution in [2.24, 2.45) is 0 Å². The van der Waals surface area contributed by atoms with Gasteiger partial charge in [-0.1, -0.05) is 19.9 Å². The number of nitrogens with zero attached hydrogens (tertiary/aromatic N) is 1. The molecule has 1 saturated heterocycles. The summed E-state index contributed by atoms with van der Waals surface area (Å²) in [6.07, 6.45) is 1.77. The van der Waals surface area contributed by atoms with Crippen LogP contribution in [0.15, 0.2) is 29.2 Å². The van der Waals surface area contributed by atoms with Crippen LogP contribution in [0.1, 0.15) is 43.9 Å². The van der Waals surface area contributed by atoms with Crippen molar-refractivity contribution in [2.45, 2.75) is 39.5 Å². The highest BCUT2D eigenvalue weighted by molar-refractivity contribution is 8.18. The van der Waals surface area contributed by atoms with Crippen LogP contribution in [-0.4, -0.2) is 30.7 Å². The van der Waals surface area contributed by atoms with Crippen molar-refractivity contribution in [2.75, 3.05) is 18.6 Å². The van der Waals surface area contributed by atoms with Gasteiger partial charge in [-0.25, -0.2) is 4.39 Å². The molecule has 0 atom stereocenters. The highest BCUT2D eigenvalue weighted by atomic mass is 32.2. The van der Waals surface area contributed by atoms with Crippen LogP contribution in [0.4, 0.5) is 14.9 Å². The van der Waals surface area contributed by atoms with Crippen LogP contribution < -0.4 is 15.0 Å². The first-order valence-corrected chi connectivity index (χ1v) is 11.5. The van der Waals surface area contributed by atoms with Crippen LogP contribution in [0.3, 0.4) is 0 Å². The standard InChI is InChI=1S/C25H25FN2O4S/c1-6-28-17-11-15(13(2)9-16(17)25(3,4)12-20(28)29)21-18(32-5)8-7-14(22(21)26)10-19-23(30)27-24(31)33-19/h7-11H,6,12H2,1-5H3,(H,27,30,31). The topological polar surface area (TPSA) is 75.7 Å². The Labute approximate surface area is 196 Å². The number of amides is 3. The molecule has 3 amide bonds. The van der Waals surface area contributed by atoms with Crippen molar-refractivity contribution in [1.82, 2.24) is 5.32 Å². The molecule has 1 fully saturated rings. The smallest absolute Gasteiger partial charge is 0.290 e. The molecule has 4 rings (SSSR count). The zero-order valence-electron chi connectivity index (χ0n) is 19.2. The number of ether oxygens (including phenoxy) is 1. The van der Waals surface area contributed by atoms with E-state index in [-0.39, 0.29) is 27.4 Å². The fourth-order valence-electron chi connectivity index (χ4n) is 4.45. The van der Waals surface area contributed by atoms with E-state index in [2.05, 4.69) is 5.32 Å². The number of fused-ring (bicyclic) bond motifs is 1. The highest BCUT2D eigenvalue weighted by Gasteiger charge is 2.37. The summed E-state index contributed by atoms with van der Waals surface area (Å²) in [7, 11) is 1.47. The molecule has 2 heterocycles. The maximum atomic E-state index is 15.9. The van der Waals surface area contributed by atoms with Gasteiger partial charge in [0.25, 0.3) is 11.1 Å². The summed E-state index contributed by atoms with van der Waals surface area (Å²) in [5.41, 5.74) is 3.33. The van der Waals surface area contributed by atoms with Gasteiger partial charge in [-0.3, -0.25) is 19.7 Å². The second-order valence-electron chi connectivity index (χ2n) is 8.78. The number of rotatable bonds is 4. The van der Waals surface area contributed by atoms with E-state index in [1.807, 2.05) is 39.8 Å². The fourth-order valence-corrected chi connectivity index (χ4v) is 5.12. The van der Waals surface area contributed by atoms with Gasteiger partial charge in [0.15, 0.2) is 0 Å². The van der Waals surface area contributed by atoms with Crippen molar-refractivity contribution in [3.05, 3.63) is 51.7 Å². The maximum Gasteiger partial charge on any atom is 0.290 e. The zero-order valence-corrected chi connectivity index (χ0v) is 20.0. The third kappa shape index (κ3) is 3.93. The molecule has 172 valence electrons. The number of thioether (sulfide) groups is 1. The van der Waals surface area contributed by atoms with E-state index < -0.39 is 17.0 Å². The number of imide groups is 1. The predicted molar refractivity (Wildman–Crippen MR) is 128 cm³/mol. The van der Waals surface area contributed by atoms with Gasteiger partial charge in [0.1, 0.15) is 11.6 Å². The summed E-state index contributed by atoms with van der Waals surface area (Å²) in [6, 6.07) is 7.02. The molecule has 1 N–H and O–H groups in total. The first kappa shape index (κ1) is 23.0. The Bertz CT molecular complexity index is 1240. The average Bonchev–Trinajstić information content (AvgIpc) is 3.06. The first-order chi connectivity index (χ1) is 15.6. The number of carbonyl (C=O) groups is 3. The summed E-state index contributed by atoms with van der Waals surface area (Å²) in [4.78, 5) is 38.1. The van der Waals surface area contributed by atoms with Gasteiger partial charge in [0.2, 0.25) is 5.91 Å². The van der Waals surface area contributed by atoms with Crippen LogP contribution in [-0.2, 0) is 15.0 Å². The Balaban J connectivity index is 1.93. The van der Waals surface area contributed by atoms with Gasteiger partial charge in [-0.15, -0.1) is 0 Å². The molecule has 0 unspecified atom stereocenters. The van der Waals surface area contributed by atoms with Crippen molar-refractivity contribution in [3.8, 4) is 16.9 Å². The van der Waals surface area contributed by atoms with Crippen LogP contribution in [0, 0.1) is 12.7 Å². The van der Waals surface area contributed by atoms with E-state index in [0.29, 0.717) is 24.3 Å². The number of methoxy groups -OCH3 is 1. The minimum Gasteiger partial charge on any atom is -0.496 e. The molecule has 2 aromatic rings. The van der Waals surface area contributed by atoms with Crippen molar-refractivity contribution < 1.29 is 23.5 Å². The summed E-state index contributed by atoms with van der Waals surface area (Å²) in [6.45, 7) is 8.40. The lowest BCUT2D eigenvalue weighted by Crippen LogP contribution is -2.41. The molecule has 33 heavy (non-hydrogen) atoms. The molecule has 2 aliphatic rings. The zero-order chi connectivity index (χ0) is 24.1. The molecule has 0 aromatic heterocycles. The van der Waals surface area contributed by atoms with Gasteiger partial charge in [-0.2, -0.15) is 0 Å². The number of aryl methyl sites for hydroxylation is 1. The van der Waals surface area contributed by atoms with E-state index in [1.54, 1.807) is 11.0 Å². The number of carbonyl (C=O) groups excluding carboxylic acids is 3. The number of hydrogen-bond donors (Lipinski definition) is 1. The first-order valence-electron chi connectivity index (χ1n) is 10.6. The van der Waals surface area contributed by atoms with Crippen molar-refractivity contribution in [3.63, 3.8) is 0 Å². The lowest BCUT2D eigenvalue weighted by Gasteiger charge is -2.39. The van der Waals surface area contributed by atoms with E-state index in [0.717, 1.165) is 28.6 Å². The SMILES string of the molecule is CCN1C(=O)CC(C)(C)c2cc(C)c(-c3c(OC)ccc(C=C4SC(=O)NC4=O)c3F)cc21. The number of hydrogen-bond acceptors (Lipinski definition) is 5. The normalized spacial score (nSPS) is 18.5. The van der Waals surface area contributed by atoms with E-state index in [9.17, 15) is 14.4 Å². The van der Waals surface area contributed by atoms with Gasteiger partial charge >= 0.3 is 0 Å². The molecule has 0 bridgehead atoms. The Morgan fingerprint density at radius 2 is 1.97 bits per heavy atom. The molecule has 8 heteroatoms. The number of benzene rings is 2. The molecule has 2 aliphatic heterocycles. The van der Waals surface area contributed by atoms with Crippen LogP contribution in [0.25, 0.3) is 17.2 Å². The minimum absolute atomic E-state index is 0.0321. The maximum absolute atomic E-state index is 15.9. The lowest BCUT2D eigenvalue weighted by atomic mass is 9.75. The quantitative estimate of drug-likeness (QED) is 0.627. The number of anilines is 1. The third-order valence-electron chi connectivity index (χ3n) is 6.12. The minimum atomic E-state index is -0.568. The second kappa shape index (κ2) is 8.33. The predicted octanol–water partition coefficient (Wildman–Crippen LogP) is 5.17. The molecular formula is C25H25FN2O4S. The Morgan fingerprint density at radius 3 is 2.58 bits per heavy atom. The molecule has 0 radical (unpaired) electrons. The summed E-state index contributed by atoms with van der Waals surface area (Å²) in [5.74, 6) is -0.750. The Morgan fingerprint density at radius 1 is 1.24 bits per heavy atom. The monoisotopic (exact) mass is 468 g/mol. The van der Waals surface area contributed by atoms with E-state index >= 15 is 4.39 Å². The molecule has 2 aromatic carbocycles. The van der Waals surface area contributed by atoms with E-state index in [4.69, 9.17) is 4.74 Å². The van der Waals surface area contributed by atoms with Crippen molar-refractivity contribution >= 4 is 40.6 Å². The molecule has 0 aliphatic carbocycles. The molecular weight excluding hydrogens is 443 g/mol. The van der Waals surface area contributed by atoms with Crippen LogP contribution >= 0.6 is 11.8 Å². The number of nitrogens with one attached hydrogen (secondary N) is 1. The summed E-state index contributed by atoms with van der Waals surface area (Å²) in [5, 5.41) is 1.69. The van der Waals surface area contributed by atoms with Crippen LogP contribution in [0.2, 0.25) is 0 Å². The van der Waals surface area contributed by atoms with Crippen molar-refractivity contribution in [1.29, 1.82) is 0 Å². The van der Waals surface area contributed by atoms with Gasteiger partial charge < -0.3 is 9.64 Å². The van der Waals surface area contributed by atoms with E-state index in [1.165, 1.54) is 19.3 Å². The largest absolute Gasteiger partial charge is 0.496 e. The van der Waals surface area contributed by atoms with Gasteiger partial charge in [0, 0.05) is 29.6 Å². The van der Waals surface area contributed by atoms with Gasteiger partial charge in [-0.05, 0) is 66.6 Å². The number of halogens is 1. The summed E-state index contributed by atoms with van der Waals surface area (Å²) >= 11 is 0.733. The lowest BCUT2D eigenvalue weighted by molar-refractivity contribution is -0.120. The average molecular weight is 469 g/mol. The molecule has 6 nitrogen and oxygen atoms in total. The third-order valence-corrected chi connectivity index (χ3v) is 6.94.